The summed E-state index contributed by atoms with van der Waals surface area (Å²) in [7, 11) is 0. The number of aliphatic carboxylic acids is 1. The summed E-state index contributed by atoms with van der Waals surface area (Å²) < 4.78 is 26.7. The largest absolute Gasteiger partial charge is 0.480 e. The van der Waals surface area contributed by atoms with E-state index in [9.17, 15) is 18.4 Å². The number of carboxylic acid groups (broad SMARTS) is 1. The molecule has 0 saturated carbocycles. The van der Waals surface area contributed by atoms with Crippen LogP contribution in [0.2, 0.25) is 0 Å². The standard InChI is InChI=1S/C13H16F2N2O3/c1-3-7(2)10(12(18)19)16-13(20)17-11-8(14)5-4-6-9(11)15/h4-7,10H,3H2,1-2H3,(H,18,19)(H2,16,17,20)/t7-,10-/m0/s1. The van der Waals surface area contributed by atoms with Crippen LogP contribution in [0.15, 0.2) is 18.2 Å². The Kier molecular flexibility index (Phi) is 5.42. The number of nitrogens with one attached hydrogen (secondary N) is 2. The molecule has 20 heavy (non-hydrogen) atoms. The molecule has 5 nitrogen and oxygen atoms in total. The molecule has 0 fully saturated rings. The second kappa shape index (κ2) is 6.83. The van der Waals surface area contributed by atoms with Crippen LogP contribution in [0.1, 0.15) is 20.3 Å². The first-order chi connectivity index (χ1) is 9.36. The van der Waals surface area contributed by atoms with Gasteiger partial charge in [-0.25, -0.2) is 18.4 Å². The summed E-state index contributed by atoms with van der Waals surface area (Å²) in [6.45, 7) is 3.43. The fraction of sp³-hybridized carbons (Fsp3) is 0.385. The molecule has 2 amide bonds. The van der Waals surface area contributed by atoms with E-state index in [1.807, 2.05) is 5.32 Å². The summed E-state index contributed by atoms with van der Waals surface area (Å²) in [5.74, 6) is -3.39. The van der Waals surface area contributed by atoms with Gasteiger partial charge in [0.2, 0.25) is 0 Å². The second-order valence-electron chi connectivity index (χ2n) is 4.40. The molecule has 0 heterocycles. The molecular formula is C13H16F2N2O3. The van der Waals surface area contributed by atoms with Crippen LogP contribution in [-0.2, 0) is 4.79 Å². The number of halogens is 2. The van der Waals surface area contributed by atoms with Gasteiger partial charge in [0.05, 0.1) is 0 Å². The minimum absolute atomic E-state index is 0.316. The maximum atomic E-state index is 13.3. The lowest BCUT2D eigenvalue weighted by atomic mass is 9.99. The Balaban J connectivity index is 2.79. The van der Waals surface area contributed by atoms with Crippen molar-refractivity contribution in [3.63, 3.8) is 0 Å². The normalized spacial score (nSPS) is 13.4. The van der Waals surface area contributed by atoms with E-state index < -0.39 is 35.4 Å². The van der Waals surface area contributed by atoms with Crippen LogP contribution in [0.4, 0.5) is 19.3 Å². The van der Waals surface area contributed by atoms with E-state index in [-0.39, 0.29) is 5.92 Å². The molecule has 0 aliphatic rings. The van der Waals surface area contributed by atoms with E-state index in [0.29, 0.717) is 6.42 Å². The molecule has 1 aromatic rings. The number of benzene rings is 1. The number of amides is 2. The highest BCUT2D eigenvalue weighted by Crippen LogP contribution is 2.18. The Labute approximate surface area is 115 Å². The Morgan fingerprint density at radius 2 is 1.85 bits per heavy atom. The first-order valence-corrected chi connectivity index (χ1v) is 6.11. The Morgan fingerprint density at radius 3 is 2.30 bits per heavy atom. The van der Waals surface area contributed by atoms with Gasteiger partial charge < -0.3 is 15.7 Å². The molecule has 1 aromatic carbocycles. The first kappa shape index (κ1) is 15.9. The first-order valence-electron chi connectivity index (χ1n) is 6.11. The van der Waals surface area contributed by atoms with Gasteiger partial charge in [-0.1, -0.05) is 26.3 Å². The average molecular weight is 286 g/mol. The number of carbonyl (C=O) groups excluding carboxylic acids is 1. The molecule has 0 unspecified atom stereocenters. The lowest BCUT2D eigenvalue weighted by molar-refractivity contribution is -0.140. The number of para-hydroxylation sites is 1. The summed E-state index contributed by atoms with van der Waals surface area (Å²) in [4.78, 5) is 22.7. The van der Waals surface area contributed by atoms with Crippen LogP contribution in [-0.4, -0.2) is 23.1 Å². The molecule has 0 aliphatic heterocycles. The van der Waals surface area contributed by atoms with Crippen molar-refractivity contribution in [1.29, 1.82) is 0 Å². The number of carboxylic acids is 1. The van der Waals surface area contributed by atoms with Gasteiger partial charge in [0.25, 0.3) is 0 Å². The van der Waals surface area contributed by atoms with E-state index in [2.05, 4.69) is 5.32 Å². The summed E-state index contributed by atoms with van der Waals surface area (Å²) in [5.41, 5.74) is -0.613. The summed E-state index contributed by atoms with van der Waals surface area (Å²) in [5, 5.41) is 13.2. The van der Waals surface area contributed by atoms with Crippen LogP contribution in [0.25, 0.3) is 0 Å². The zero-order valence-electron chi connectivity index (χ0n) is 11.1. The number of urea groups is 1. The number of carbonyl (C=O) groups is 2. The van der Waals surface area contributed by atoms with E-state index in [1.165, 1.54) is 0 Å². The molecule has 1 rings (SSSR count). The van der Waals surface area contributed by atoms with Crippen molar-refractivity contribution in [2.45, 2.75) is 26.3 Å². The second-order valence-corrected chi connectivity index (χ2v) is 4.40. The van der Waals surface area contributed by atoms with Gasteiger partial charge in [0.1, 0.15) is 23.4 Å². The zero-order valence-corrected chi connectivity index (χ0v) is 11.1. The van der Waals surface area contributed by atoms with Gasteiger partial charge >= 0.3 is 12.0 Å². The number of anilines is 1. The van der Waals surface area contributed by atoms with Gasteiger partial charge in [-0.2, -0.15) is 0 Å². The molecule has 0 saturated heterocycles. The number of rotatable bonds is 5. The lowest BCUT2D eigenvalue weighted by Crippen LogP contribution is -2.46. The van der Waals surface area contributed by atoms with Gasteiger partial charge in [-0.05, 0) is 18.1 Å². The highest BCUT2D eigenvalue weighted by molar-refractivity contribution is 5.92. The van der Waals surface area contributed by atoms with Crippen LogP contribution >= 0.6 is 0 Å². The van der Waals surface area contributed by atoms with Crippen molar-refractivity contribution < 1.29 is 23.5 Å². The molecule has 7 heteroatoms. The molecule has 0 aromatic heterocycles. The predicted molar refractivity (Wildman–Crippen MR) is 69.4 cm³/mol. The highest BCUT2D eigenvalue weighted by Gasteiger charge is 2.25. The molecule has 2 atom stereocenters. The molecule has 0 spiro atoms. The average Bonchev–Trinajstić information content (AvgIpc) is 2.39. The fourth-order valence-electron chi connectivity index (χ4n) is 1.59. The quantitative estimate of drug-likeness (QED) is 0.778. The molecule has 110 valence electrons. The Bertz CT molecular complexity index is 488. The van der Waals surface area contributed by atoms with Gasteiger partial charge in [0, 0.05) is 0 Å². The van der Waals surface area contributed by atoms with Gasteiger partial charge in [-0.3, -0.25) is 0 Å². The minimum Gasteiger partial charge on any atom is -0.480 e. The van der Waals surface area contributed by atoms with Crippen molar-refractivity contribution in [3.8, 4) is 0 Å². The molecular weight excluding hydrogens is 270 g/mol. The maximum Gasteiger partial charge on any atom is 0.326 e. The van der Waals surface area contributed by atoms with E-state index in [1.54, 1.807) is 13.8 Å². The van der Waals surface area contributed by atoms with Gasteiger partial charge in [0.15, 0.2) is 0 Å². The monoisotopic (exact) mass is 286 g/mol. The third-order valence-corrected chi connectivity index (χ3v) is 2.97. The van der Waals surface area contributed by atoms with Crippen molar-refractivity contribution in [3.05, 3.63) is 29.8 Å². The highest BCUT2D eigenvalue weighted by atomic mass is 19.1. The van der Waals surface area contributed by atoms with Crippen molar-refractivity contribution in [2.75, 3.05) is 5.32 Å². The SMILES string of the molecule is CC[C@H](C)[C@H](NC(=O)Nc1c(F)cccc1F)C(=O)O. The summed E-state index contributed by atoms with van der Waals surface area (Å²) >= 11 is 0. The van der Waals surface area contributed by atoms with E-state index in [4.69, 9.17) is 5.11 Å². The van der Waals surface area contributed by atoms with E-state index >= 15 is 0 Å². The number of hydrogen-bond acceptors (Lipinski definition) is 2. The van der Waals surface area contributed by atoms with Crippen LogP contribution in [0, 0.1) is 17.6 Å². The summed E-state index contributed by atoms with van der Waals surface area (Å²) in [6.07, 6.45) is 0.533. The third-order valence-electron chi connectivity index (χ3n) is 2.97. The molecule has 3 N–H and O–H groups in total. The number of hydrogen-bond donors (Lipinski definition) is 3. The topological polar surface area (TPSA) is 78.4 Å². The third kappa shape index (κ3) is 3.91. The Hall–Kier alpha value is -2.18. The molecule has 0 bridgehead atoms. The van der Waals surface area contributed by atoms with Crippen LogP contribution in [0.5, 0.6) is 0 Å². The minimum atomic E-state index is -1.21. The summed E-state index contributed by atoms with van der Waals surface area (Å²) in [6, 6.07) is 1.04. The van der Waals surface area contributed by atoms with Crippen molar-refractivity contribution in [1.82, 2.24) is 5.32 Å². The van der Waals surface area contributed by atoms with Crippen LogP contribution < -0.4 is 10.6 Å². The smallest absolute Gasteiger partial charge is 0.326 e. The lowest BCUT2D eigenvalue weighted by Gasteiger charge is -2.20. The fourth-order valence-corrected chi connectivity index (χ4v) is 1.59. The zero-order chi connectivity index (χ0) is 15.3. The predicted octanol–water partition coefficient (Wildman–Crippen LogP) is 2.59. The van der Waals surface area contributed by atoms with Crippen LogP contribution in [0.3, 0.4) is 0 Å². The molecule has 0 aliphatic carbocycles. The van der Waals surface area contributed by atoms with E-state index in [0.717, 1.165) is 18.2 Å². The van der Waals surface area contributed by atoms with Crippen molar-refractivity contribution >= 4 is 17.7 Å². The van der Waals surface area contributed by atoms with Crippen molar-refractivity contribution in [2.24, 2.45) is 5.92 Å². The van der Waals surface area contributed by atoms with Gasteiger partial charge in [-0.15, -0.1) is 0 Å². The Morgan fingerprint density at radius 1 is 1.30 bits per heavy atom. The molecule has 0 radical (unpaired) electrons. The maximum absolute atomic E-state index is 13.3.